The number of ether oxygens (including phenoxy) is 1. The van der Waals surface area contributed by atoms with E-state index in [0.717, 1.165) is 0 Å². The average molecular weight is 326 g/mol. The molecule has 2 heterocycles. The molecule has 0 fully saturated rings. The van der Waals surface area contributed by atoms with Gasteiger partial charge in [0.15, 0.2) is 0 Å². The van der Waals surface area contributed by atoms with Gasteiger partial charge in [-0.25, -0.2) is 4.52 Å². The first-order valence-electron chi connectivity index (χ1n) is 5.56. The van der Waals surface area contributed by atoms with Crippen LogP contribution in [0.2, 0.25) is 0 Å². The van der Waals surface area contributed by atoms with Crippen molar-refractivity contribution in [3.63, 3.8) is 0 Å². The number of amides is 1. The molecule has 0 bridgehead atoms. The van der Waals surface area contributed by atoms with Gasteiger partial charge in [-0.3, -0.25) is 9.59 Å². The molecule has 0 radical (unpaired) electrons. The smallest absolute Gasteiger partial charge is 0.321 e. The number of alkyl halides is 1. The first-order valence-corrected chi connectivity index (χ1v) is 6.47. The maximum atomic E-state index is 12.0. The highest BCUT2D eigenvalue weighted by atomic mass is 79.9. The third-order valence-corrected chi connectivity index (χ3v) is 3.27. The van der Waals surface area contributed by atoms with Crippen LogP contribution in [0.3, 0.4) is 0 Å². The number of rotatable bonds is 4. The van der Waals surface area contributed by atoms with Gasteiger partial charge in [0.25, 0.3) is 5.91 Å². The van der Waals surface area contributed by atoms with Crippen molar-refractivity contribution in [2.75, 3.05) is 13.7 Å². The fourth-order valence-corrected chi connectivity index (χ4v) is 1.95. The van der Waals surface area contributed by atoms with E-state index in [1.165, 1.54) is 13.3 Å². The van der Waals surface area contributed by atoms with E-state index >= 15 is 0 Å². The second-order valence-electron chi connectivity index (χ2n) is 3.79. The summed E-state index contributed by atoms with van der Waals surface area (Å²) >= 11 is 3.13. The van der Waals surface area contributed by atoms with Gasteiger partial charge in [0, 0.05) is 12.7 Å². The summed E-state index contributed by atoms with van der Waals surface area (Å²) in [5, 5.41) is 6.72. The second-order valence-corrected chi connectivity index (χ2v) is 4.89. The molecule has 0 saturated carbocycles. The van der Waals surface area contributed by atoms with Crippen molar-refractivity contribution in [2.45, 2.75) is 4.83 Å². The van der Waals surface area contributed by atoms with Gasteiger partial charge in [0.1, 0.15) is 4.83 Å². The zero-order valence-electron chi connectivity index (χ0n) is 10.2. The predicted octanol–water partition coefficient (Wildman–Crippen LogP) is 1.00. The van der Waals surface area contributed by atoms with Crippen LogP contribution in [-0.2, 0) is 9.53 Å². The van der Waals surface area contributed by atoms with E-state index < -0.39 is 10.8 Å². The number of nitrogens with one attached hydrogen (secondary N) is 1. The Kier molecular flexibility index (Phi) is 4.16. The average Bonchev–Trinajstić information content (AvgIpc) is 2.87. The van der Waals surface area contributed by atoms with E-state index in [-0.39, 0.29) is 12.5 Å². The molecule has 2 aromatic rings. The van der Waals surface area contributed by atoms with Gasteiger partial charge in [-0.15, -0.1) is 0 Å². The fraction of sp³-hybridized carbons (Fsp3) is 0.250. The van der Waals surface area contributed by atoms with Gasteiger partial charge in [-0.2, -0.15) is 5.10 Å². The Hall–Kier alpha value is -1.89. The quantitative estimate of drug-likeness (QED) is 0.672. The molecule has 0 spiro atoms. The Bertz CT molecular complexity index is 611. The van der Waals surface area contributed by atoms with Gasteiger partial charge >= 0.3 is 5.97 Å². The van der Waals surface area contributed by atoms with Crippen LogP contribution in [0.15, 0.2) is 30.6 Å². The summed E-state index contributed by atoms with van der Waals surface area (Å²) in [5.74, 6) is -0.713. The zero-order chi connectivity index (χ0) is 13.8. The number of methoxy groups -OCH3 is 1. The van der Waals surface area contributed by atoms with Crippen molar-refractivity contribution in [3.8, 4) is 0 Å². The number of carbonyl (C=O) groups is 2. The molecule has 2 rings (SSSR count). The van der Waals surface area contributed by atoms with Gasteiger partial charge in [0.2, 0.25) is 0 Å². The van der Waals surface area contributed by atoms with E-state index in [9.17, 15) is 9.59 Å². The number of halogens is 1. The first kappa shape index (κ1) is 13.5. The normalized spacial score (nSPS) is 12.1. The zero-order valence-corrected chi connectivity index (χ0v) is 11.8. The molecule has 0 aliphatic rings. The highest BCUT2D eigenvalue weighted by molar-refractivity contribution is 9.10. The van der Waals surface area contributed by atoms with Crippen molar-refractivity contribution < 1.29 is 14.3 Å². The van der Waals surface area contributed by atoms with Crippen molar-refractivity contribution in [1.29, 1.82) is 0 Å². The van der Waals surface area contributed by atoms with E-state index in [1.807, 2.05) is 12.1 Å². The van der Waals surface area contributed by atoms with Crippen LogP contribution in [0.4, 0.5) is 0 Å². The minimum absolute atomic E-state index is 0.148. The Labute approximate surface area is 117 Å². The summed E-state index contributed by atoms with van der Waals surface area (Å²) in [4.78, 5) is 22.6. The van der Waals surface area contributed by atoms with Gasteiger partial charge < -0.3 is 10.1 Å². The Balaban J connectivity index is 2.06. The molecule has 1 atom stereocenters. The molecule has 1 amide bonds. The third kappa shape index (κ3) is 2.93. The van der Waals surface area contributed by atoms with Gasteiger partial charge in [0.05, 0.1) is 24.4 Å². The second kappa shape index (κ2) is 5.83. The molecular weight excluding hydrogens is 314 g/mol. The summed E-state index contributed by atoms with van der Waals surface area (Å²) in [6.07, 6.45) is 3.25. The first-order chi connectivity index (χ1) is 9.13. The lowest BCUT2D eigenvalue weighted by Crippen LogP contribution is -2.33. The van der Waals surface area contributed by atoms with Crippen LogP contribution in [-0.4, -0.2) is 40.0 Å². The fourth-order valence-electron chi connectivity index (χ4n) is 1.60. The molecule has 0 aliphatic carbocycles. The van der Waals surface area contributed by atoms with Crippen LogP contribution >= 0.6 is 15.9 Å². The highest BCUT2D eigenvalue weighted by Crippen LogP contribution is 2.10. The monoisotopic (exact) mass is 325 g/mol. The number of pyridine rings is 1. The van der Waals surface area contributed by atoms with E-state index in [4.69, 9.17) is 0 Å². The lowest BCUT2D eigenvalue weighted by atomic mass is 10.2. The van der Waals surface area contributed by atoms with E-state index in [1.54, 1.807) is 16.8 Å². The predicted molar refractivity (Wildman–Crippen MR) is 72.3 cm³/mol. The number of esters is 1. The number of hydrogen-bond donors (Lipinski definition) is 1. The minimum atomic E-state index is -0.566. The summed E-state index contributed by atoms with van der Waals surface area (Å²) < 4.78 is 6.16. The molecule has 7 heteroatoms. The Morgan fingerprint density at radius 3 is 3.05 bits per heavy atom. The van der Waals surface area contributed by atoms with Crippen molar-refractivity contribution in [2.24, 2.45) is 0 Å². The van der Waals surface area contributed by atoms with Gasteiger partial charge in [-0.05, 0) is 12.1 Å². The maximum Gasteiger partial charge on any atom is 0.321 e. The summed E-state index contributed by atoms with van der Waals surface area (Å²) in [5.41, 5.74) is 1.18. The van der Waals surface area contributed by atoms with Crippen molar-refractivity contribution in [3.05, 3.63) is 36.2 Å². The summed E-state index contributed by atoms with van der Waals surface area (Å²) in [6.45, 7) is 0.148. The molecule has 2 aromatic heterocycles. The summed E-state index contributed by atoms with van der Waals surface area (Å²) in [7, 11) is 1.30. The van der Waals surface area contributed by atoms with Gasteiger partial charge in [-0.1, -0.05) is 22.0 Å². The van der Waals surface area contributed by atoms with Crippen LogP contribution in [0.5, 0.6) is 0 Å². The molecule has 0 aromatic carbocycles. The number of nitrogens with zero attached hydrogens (tertiary/aromatic N) is 2. The molecular formula is C12H12BrN3O3. The van der Waals surface area contributed by atoms with Crippen molar-refractivity contribution >= 4 is 33.3 Å². The maximum absolute atomic E-state index is 12.0. The van der Waals surface area contributed by atoms with Crippen LogP contribution in [0.1, 0.15) is 10.4 Å². The van der Waals surface area contributed by atoms with Crippen molar-refractivity contribution in [1.82, 2.24) is 14.9 Å². The molecule has 1 N–H and O–H groups in total. The molecule has 0 aliphatic heterocycles. The van der Waals surface area contributed by atoms with E-state index in [0.29, 0.717) is 11.1 Å². The Morgan fingerprint density at radius 2 is 2.32 bits per heavy atom. The molecule has 100 valence electrons. The van der Waals surface area contributed by atoms with Crippen LogP contribution in [0.25, 0.3) is 5.52 Å². The van der Waals surface area contributed by atoms with E-state index in [2.05, 4.69) is 31.1 Å². The lowest BCUT2D eigenvalue weighted by Gasteiger charge is -2.08. The molecule has 6 nitrogen and oxygen atoms in total. The van der Waals surface area contributed by atoms with Crippen LogP contribution < -0.4 is 5.32 Å². The topological polar surface area (TPSA) is 72.7 Å². The molecule has 1 unspecified atom stereocenters. The minimum Gasteiger partial charge on any atom is -0.468 e. The SMILES string of the molecule is COC(=O)C(Br)CNC(=O)c1cnn2ccccc12. The molecule has 19 heavy (non-hydrogen) atoms. The lowest BCUT2D eigenvalue weighted by molar-refractivity contribution is -0.139. The number of aromatic nitrogens is 2. The number of fused-ring (bicyclic) bond motifs is 1. The largest absolute Gasteiger partial charge is 0.468 e. The Morgan fingerprint density at radius 1 is 1.53 bits per heavy atom. The van der Waals surface area contributed by atoms with Crippen LogP contribution in [0, 0.1) is 0 Å². The number of hydrogen-bond acceptors (Lipinski definition) is 4. The standard InChI is InChI=1S/C12H12BrN3O3/c1-19-12(18)9(13)7-14-11(17)8-6-15-16-5-3-2-4-10(8)16/h2-6,9H,7H2,1H3,(H,14,17). The molecule has 0 saturated heterocycles. The highest BCUT2D eigenvalue weighted by Gasteiger charge is 2.18. The third-order valence-electron chi connectivity index (χ3n) is 2.57. The number of carbonyl (C=O) groups excluding carboxylic acids is 2. The summed E-state index contributed by atoms with van der Waals surface area (Å²) in [6, 6.07) is 5.46.